The molecule has 0 atom stereocenters. The first-order valence-electron chi connectivity index (χ1n) is 7.43. The molecule has 0 radical (unpaired) electrons. The molecule has 1 N–H and O–H groups in total. The van der Waals surface area contributed by atoms with Crippen molar-refractivity contribution < 1.29 is 13.2 Å². The van der Waals surface area contributed by atoms with E-state index in [0.29, 0.717) is 36.8 Å². The predicted octanol–water partition coefficient (Wildman–Crippen LogP) is 1.46. The van der Waals surface area contributed by atoms with E-state index in [1.165, 1.54) is 15.6 Å². The number of thiophene rings is 1. The van der Waals surface area contributed by atoms with Crippen LogP contribution in [0.15, 0.2) is 34.7 Å². The number of H-pyrrole nitrogens is 1. The summed E-state index contributed by atoms with van der Waals surface area (Å²) in [6, 6.07) is 7.19. The molecule has 0 bridgehead atoms. The predicted molar refractivity (Wildman–Crippen MR) is 88.9 cm³/mol. The van der Waals surface area contributed by atoms with Crippen molar-refractivity contribution in [3.05, 3.63) is 41.0 Å². The fraction of sp³-hybridized carbons (Fsp3) is 0.400. The monoisotopic (exact) mass is 353 g/mol. The maximum Gasteiger partial charge on any atom is 0.252 e. The van der Waals surface area contributed by atoms with Gasteiger partial charge in [-0.1, -0.05) is 0 Å². The summed E-state index contributed by atoms with van der Waals surface area (Å²) in [5.74, 6) is 0.0245. The van der Waals surface area contributed by atoms with Crippen LogP contribution in [0.3, 0.4) is 0 Å². The lowest BCUT2D eigenvalue weighted by molar-refractivity contribution is -0.131. The number of nitrogens with one attached hydrogen (secondary N) is 1. The van der Waals surface area contributed by atoms with Crippen LogP contribution in [0.25, 0.3) is 0 Å². The minimum atomic E-state index is -3.43. The second-order valence-electron chi connectivity index (χ2n) is 5.52. The van der Waals surface area contributed by atoms with Crippen molar-refractivity contribution >= 4 is 27.3 Å². The van der Waals surface area contributed by atoms with Crippen LogP contribution >= 0.6 is 11.3 Å². The Morgan fingerprint density at radius 3 is 2.52 bits per heavy atom. The molecule has 0 aliphatic carbocycles. The minimum absolute atomic E-state index is 0.0245. The Labute approximate surface area is 139 Å². The van der Waals surface area contributed by atoms with Crippen molar-refractivity contribution in [1.82, 2.24) is 14.2 Å². The number of carbonyl (C=O) groups excluding carboxylic acids is 1. The van der Waals surface area contributed by atoms with Crippen LogP contribution in [0, 0.1) is 6.92 Å². The average Bonchev–Trinajstić information content (AvgIpc) is 3.19. The molecule has 8 heteroatoms. The van der Waals surface area contributed by atoms with Gasteiger partial charge in [0.05, 0.1) is 6.42 Å². The van der Waals surface area contributed by atoms with E-state index in [9.17, 15) is 13.2 Å². The summed E-state index contributed by atoms with van der Waals surface area (Å²) in [5, 5.41) is 0. The second-order valence-corrected chi connectivity index (χ2v) is 8.97. The quantitative estimate of drug-likeness (QED) is 0.904. The molecule has 0 saturated carbocycles. The zero-order chi connectivity index (χ0) is 16.4. The molecule has 3 rings (SSSR count). The first-order chi connectivity index (χ1) is 11.0. The van der Waals surface area contributed by atoms with Gasteiger partial charge in [-0.15, -0.1) is 11.3 Å². The Hall–Kier alpha value is -1.64. The number of carbonyl (C=O) groups is 1. The van der Waals surface area contributed by atoms with E-state index in [1.807, 2.05) is 25.1 Å². The molecule has 1 aliphatic heterocycles. The molecule has 124 valence electrons. The number of amides is 1. The maximum absolute atomic E-state index is 12.6. The standard InChI is InChI=1S/C15H19N3O3S2/c1-12-4-5-15(22-12)23(20,21)18-9-7-17(8-10-18)14(19)11-13-3-2-6-16-13/h2-6,16H,7-11H2,1H3. The molecule has 1 saturated heterocycles. The van der Waals surface area contributed by atoms with Gasteiger partial charge in [-0.2, -0.15) is 4.31 Å². The number of rotatable bonds is 4. The van der Waals surface area contributed by atoms with Crippen molar-refractivity contribution in [1.29, 1.82) is 0 Å². The van der Waals surface area contributed by atoms with Crippen molar-refractivity contribution in [2.75, 3.05) is 26.2 Å². The van der Waals surface area contributed by atoms with Crippen molar-refractivity contribution in [2.24, 2.45) is 0 Å². The molecule has 0 aromatic carbocycles. The number of aryl methyl sites for hydroxylation is 1. The van der Waals surface area contributed by atoms with Crippen molar-refractivity contribution in [3.8, 4) is 0 Å². The molecule has 2 aromatic rings. The third kappa shape index (κ3) is 3.49. The zero-order valence-corrected chi connectivity index (χ0v) is 14.5. The maximum atomic E-state index is 12.6. The number of hydrogen-bond donors (Lipinski definition) is 1. The molecular weight excluding hydrogens is 334 g/mol. The molecule has 1 amide bonds. The van der Waals surface area contributed by atoms with E-state index in [1.54, 1.807) is 17.2 Å². The van der Waals surface area contributed by atoms with Gasteiger partial charge in [0.2, 0.25) is 5.91 Å². The fourth-order valence-electron chi connectivity index (χ4n) is 2.61. The smallest absolute Gasteiger partial charge is 0.252 e. The fourth-order valence-corrected chi connectivity index (χ4v) is 5.47. The topological polar surface area (TPSA) is 73.5 Å². The summed E-state index contributed by atoms with van der Waals surface area (Å²) in [6.07, 6.45) is 2.11. The van der Waals surface area contributed by atoms with Crippen LogP contribution in [-0.4, -0.2) is 54.7 Å². The number of hydrogen-bond acceptors (Lipinski definition) is 4. The molecule has 1 aliphatic rings. The summed E-state index contributed by atoms with van der Waals surface area (Å²) in [6.45, 7) is 3.44. The van der Waals surface area contributed by atoms with E-state index in [0.717, 1.165) is 10.6 Å². The second kappa shape index (κ2) is 6.46. The summed E-state index contributed by atoms with van der Waals surface area (Å²) < 4.78 is 27.0. The average molecular weight is 353 g/mol. The van der Waals surface area contributed by atoms with Crippen LogP contribution in [0.5, 0.6) is 0 Å². The minimum Gasteiger partial charge on any atom is -0.365 e. The number of aromatic nitrogens is 1. The molecule has 3 heterocycles. The lowest BCUT2D eigenvalue weighted by Crippen LogP contribution is -2.50. The molecule has 0 unspecified atom stereocenters. The normalized spacial score (nSPS) is 16.7. The number of aromatic amines is 1. The van der Waals surface area contributed by atoms with E-state index in [4.69, 9.17) is 0 Å². The van der Waals surface area contributed by atoms with Crippen LogP contribution in [0.1, 0.15) is 10.6 Å². The number of nitrogens with zero attached hydrogens (tertiary/aromatic N) is 2. The zero-order valence-electron chi connectivity index (χ0n) is 12.9. The highest BCUT2D eigenvalue weighted by Gasteiger charge is 2.30. The Bertz CT molecular complexity index is 773. The van der Waals surface area contributed by atoms with Gasteiger partial charge in [0.1, 0.15) is 4.21 Å². The molecule has 0 spiro atoms. The van der Waals surface area contributed by atoms with Crippen LogP contribution < -0.4 is 0 Å². The van der Waals surface area contributed by atoms with Gasteiger partial charge in [-0.25, -0.2) is 8.42 Å². The Morgan fingerprint density at radius 1 is 1.22 bits per heavy atom. The van der Waals surface area contributed by atoms with Gasteiger partial charge in [0.15, 0.2) is 0 Å². The van der Waals surface area contributed by atoms with E-state index >= 15 is 0 Å². The Kier molecular flexibility index (Phi) is 4.56. The first-order valence-corrected chi connectivity index (χ1v) is 9.69. The lowest BCUT2D eigenvalue weighted by Gasteiger charge is -2.33. The highest BCUT2D eigenvalue weighted by Crippen LogP contribution is 2.25. The highest BCUT2D eigenvalue weighted by molar-refractivity contribution is 7.91. The SMILES string of the molecule is Cc1ccc(S(=O)(=O)N2CCN(C(=O)Cc3ccc[nH]3)CC2)s1. The Morgan fingerprint density at radius 2 is 1.96 bits per heavy atom. The lowest BCUT2D eigenvalue weighted by atomic mass is 10.2. The number of piperazine rings is 1. The van der Waals surface area contributed by atoms with E-state index < -0.39 is 10.0 Å². The van der Waals surface area contributed by atoms with Gasteiger partial charge in [0, 0.05) is 42.9 Å². The van der Waals surface area contributed by atoms with Crippen LogP contribution in [0.2, 0.25) is 0 Å². The molecule has 2 aromatic heterocycles. The molecule has 1 fully saturated rings. The summed E-state index contributed by atoms with van der Waals surface area (Å²) in [4.78, 5) is 18.0. The largest absolute Gasteiger partial charge is 0.365 e. The van der Waals surface area contributed by atoms with Crippen LogP contribution in [0.4, 0.5) is 0 Å². The van der Waals surface area contributed by atoms with E-state index in [2.05, 4.69) is 4.98 Å². The Balaban J connectivity index is 1.61. The molecular formula is C15H19N3O3S2. The van der Waals surface area contributed by atoms with Gasteiger partial charge < -0.3 is 9.88 Å². The first kappa shape index (κ1) is 16.2. The van der Waals surface area contributed by atoms with Crippen molar-refractivity contribution in [3.63, 3.8) is 0 Å². The van der Waals surface area contributed by atoms with Gasteiger partial charge >= 0.3 is 0 Å². The molecule has 6 nitrogen and oxygen atoms in total. The van der Waals surface area contributed by atoms with E-state index in [-0.39, 0.29) is 5.91 Å². The van der Waals surface area contributed by atoms with Crippen molar-refractivity contribution in [2.45, 2.75) is 17.6 Å². The highest BCUT2D eigenvalue weighted by atomic mass is 32.2. The summed E-state index contributed by atoms with van der Waals surface area (Å²) in [7, 11) is -3.43. The third-order valence-corrected chi connectivity index (χ3v) is 7.27. The summed E-state index contributed by atoms with van der Waals surface area (Å²) in [5.41, 5.74) is 0.874. The number of sulfonamides is 1. The van der Waals surface area contributed by atoms with Crippen LogP contribution in [-0.2, 0) is 21.2 Å². The van der Waals surface area contributed by atoms with Gasteiger partial charge in [-0.3, -0.25) is 4.79 Å². The molecule has 23 heavy (non-hydrogen) atoms. The van der Waals surface area contributed by atoms with Gasteiger partial charge in [-0.05, 0) is 31.2 Å². The summed E-state index contributed by atoms with van der Waals surface area (Å²) >= 11 is 1.28. The van der Waals surface area contributed by atoms with Gasteiger partial charge in [0.25, 0.3) is 10.0 Å². The third-order valence-electron chi connectivity index (χ3n) is 3.91.